The molecule has 0 aromatic carbocycles. The van der Waals surface area contributed by atoms with Gasteiger partial charge in [0.1, 0.15) is 0 Å². The average molecular weight is 220 g/mol. The second-order valence-corrected chi connectivity index (χ2v) is 4.82. The number of carbonyl (C=O) groups excluding carboxylic acids is 1. The highest BCUT2D eigenvalue weighted by Gasteiger charge is 2.30. The Bertz CT molecular complexity index is 304. The topological polar surface area (TPSA) is 26.3 Å². The van der Waals surface area contributed by atoms with Crippen LogP contribution in [0.25, 0.3) is 0 Å². The Morgan fingerprint density at radius 3 is 3.06 bits per heavy atom. The van der Waals surface area contributed by atoms with E-state index in [0.717, 1.165) is 12.3 Å². The summed E-state index contributed by atoms with van der Waals surface area (Å²) in [7, 11) is 0. The fourth-order valence-corrected chi connectivity index (χ4v) is 3.12. The van der Waals surface area contributed by atoms with E-state index in [0.29, 0.717) is 12.3 Å². The molecular formula is C14H20O2. The van der Waals surface area contributed by atoms with Crippen LogP contribution in [0.3, 0.4) is 0 Å². The highest BCUT2D eigenvalue weighted by atomic mass is 16.5. The van der Waals surface area contributed by atoms with Crippen LogP contribution < -0.4 is 0 Å². The monoisotopic (exact) mass is 220 g/mol. The lowest BCUT2D eigenvalue weighted by Crippen LogP contribution is -2.24. The molecule has 0 saturated heterocycles. The van der Waals surface area contributed by atoms with Crippen molar-refractivity contribution in [1.29, 1.82) is 0 Å². The molecule has 2 atom stereocenters. The molecule has 16 heavy (non-hydrogen) atoms. The van der Waals surface area contributed by atoms with Crippen molar-refractivity contribution in [3.8, 4) is 0 Å². The van der Waals surface area contributed by atoms with Crippen LogP contribution in [-0.2, 0) is 9.53 Å². The Kier molecular flexibility index (Phi) is 3.81. The van der Waals surface area contributed by atoms with E-state index in [1.165, 1.54) is 38.4 Å². The summed E-state index contributed by atoms with van der Waals surface area (Å²) in [6.45, 7) is 3.42. The van der Waals surface area contributed by atoms with Crippen molar-refractivity contribution in [2.45, 2.75) is 44.9 Å². The Labute approximate surface area is 97.4 Å². The molecule has 0 aliphatic heterocycles. The summed E-state index contributed by atoms with van der Waals surface area (Å²) in [5.74, 6) is 1.06. The van der Waals surface area contributed by atoms with E-state index in [4.69, 9.17) is 4.74 Å². The molecule has 0 N–H and O–H groups in total. The highest BCUT2D eigenvalue weighted by molar-refractivity contribution is 5.70. The molecule has 1 saturated carbocycles. The summed E-state index contributed by atoms with van der Waals surface area (Å²) in [5, 5.41) is 0. The Morgan fingerprint density at radius 2 is 2.25 bits per heavy atom. The molecular weight excluding hydrogens is 200 g/mol. The Morgan fingerprint density at radius 1 is 1.44 bits per heavy atom. The maximum Gasteiger partial charge on any atom is 0.311 e. The minimum absolute atomic E-state index is 0.132. The third kappa shape index (κ3) is 2.55. The van der Waals surface area contributed by atoms with Crippen LogP contribution in [-0.4, -0.2) is 5.97 Å². The lowest BCUT2D eigenvalue weighted by molar-refractivity contribution is -0.139. The number of carbonyl (C=O) groups is 1. The molecule has 0 radical (unpaired) electrons. The first-order chi connectivity index (χ1) is 7.81. The van der Waals surface area contributed by atoms with E-state index in [1.54, 1.807) is 5.57 Å². The summed E-state index contributed by atoms with van der Waals surface area (Å²) >= 11 is 0. The molecule has 0 aromatic rings. The van der Waals surface area contributed by atoms with Crippen LogP contribution in [0, 0.1) is 11.8 Å². The van der Waals surface area contributed by atoms with Gasteiger partial charge in [-0.2, -0.15) is 0 Å². The minimum atomic E-state index is -0.132. The van der Waals surface area contributed by atoms with E-state index in [9.17, 15) is 4.79 Å². The summed E-state index contributed by atoms with van der Waals surface area (Å²) in [4.78, 5) is 11.5. The zero-order valence-electron chi connectivity index (χ0n) is 9.78. The van der Waals surface area contributed by atoms with Gasteiger partial charge in [0.25, 0.3) is 0 Å². The van der Waals surface area contributed by atoms with E-state index < -0.39 is 0 Å². The van der Waals surface area contributed by atoms with Gasteiger partial charge in [0.2, 0.25) is 0 Å². The van der Waals surface area contributed by atoms with Crippen molar-refractivity contribution in [3.63, 3.8) is 0 Å². The maximum atomic E-state index is 11.5. The summed E-state index contributed by atoms with van der Waals surface area (Å²) in [6, 6.07) is 0. The third-order valence-corrected chi connectivity index (χ3v) is 3.81. The molecule has 1 fully saturated rings. The molecule has 0 heterocycles. The van der Waals surface area contributed by atoms with Crippen molar-refractivity contribution in [2.75, 3.05) is 0 Å². The van der Waals surface area contributed by atoms with Crippen molar-refractivity contribution in [3.05, 3.63) is 24.5 Å². The van der Waals surface area contributed by atoms with Crippen LogP contribution in [0.15, 0.2) is 24.5 Å². The van der Waals surface area contributed by atoms with Gasteiger partial charge in [0.15, 0.2) is 0 Å². The van der Waals surface area contributed by atoms with Gasteiger partial charge in [-0.1, -0.05) is 24.6 Å². The Hall–Kier alpha value is -1.05. The fourth-order valence-electron chi connectivity index (χ4n) is 3.12. The predicted molar refractivity (Wildman–Crippen MR) is 63.7 cm³/mol. The molecule has 2 unspecified atom stereocenters. The SMILES string of the molecule is C=COC(=O)CC1CCCC2CCCC=C21. The van der Waals surface area contributed by atoms with Gasteiger partial charge < -0.3 is 4.74 Å². The van der Waals surface area contributed by atoms with Crippen molar-refractivity contribution in [1.82, 2.24) is 0 Å². The van der Waals surface area contributed by atoms with E-state index in [1.807, 2.05) is 0 Å². The number of ether oxygens (including phenoxy) is 1. The highest BCUT2D eigenvalue weighted by Crippen LogP contribution is 2.41. The molecule has 0 amide bonds. The van der Waals surface area contributed by atoms with Crippen molar-refractivity contribution in [2.24, 2.45) is 11.8 Å². The first-order valence-corrected chi connectivity index (χ1v) is 6.31. The minimum Gasteiger partial charge on any atom is -0.435 e. The van der Waals surface area contributed by atoms with Gasteiger partial charge in [0.05, 0.1) is 12.7 Å². The van der Waals surface area contributed by atoms with E-state index in [2.05, 4.69) is 12.7 Å². The van der Waals surface area contributed by atoms with Gasteiger partial charge >= 0.3 is 5.97 Å². The largest absolute Gasteiger partial charge is 0.435 e. The van der Waals surface area contributed by atoms with Crippen LogP contribution in [0.4, 0.5) is 0 Å². The molecule has 2 rings (SSSR count). The summed E-state index contributed by atoms with van der Waals surface area (Å²) in [5.41, 5.74) is 1.54. The molecule has 2 heteroatoms. The van der Waals surface area contributed by atoms with Crippen LogP contribution in [0.2, 0.25) is 0 Å². The Balaban J connectivity index is 1.99. The number of esters is 1. The van der Waals surface area contributed by atoms with Crippen molar-refractivity contribution >= 4 is 5.97 Å². The molecule has 0 aromatic heterocycles. The van der Waals surface area contributed by atoms with Crippen LogP contribution >= 0.6 is 0 Å². The fraction of sp³-hybridized carbons (Fsp3) is 0.643. The molecule has 88 valence electrons. The van der Waals surface area contributed by atoms with Crippen LogP contribution in [0.1, 0.15) is 44.9 Å². The normalized spacial score (nSPS) is 28.9. The number of hydrogen-bond donors (Lipinski definition) is 0. The first kappa shape index (κ1) is 11.4. The summed E-state index contributed by atoms with van der Waals surface area (Å²) in [6.07, 6.45) is 11.7. The quantitative estimate of drug-likeness (QED) is 0.413. The average Bonchev–Trinajstić information content (AvgIpc) is 2.30. The number of fused-ring (bicyclic) bond motifs is 1. The second-order valence-electron chi connectivity index (χ2n) is 4.82. The van der Waals surface area contributed by atoms with E-state index >= 15 is 0 Å². The van der Waals surface area contributed by atoms with Gasteiger partial charge in [-0.25, -0.2) is 0 Å². The van der Waals surface area contributed by atoms with E-state index in [-0.39, 0.29) is 5.97 Å². The van der Waals surface area contributed by atoms with Crippen molar-refractivity contribution < 1.29 is 9.53 Å². The number of allylic oxidation sites excluding steroid dienone is 2. The molecule has 2 aliphatic rings. The smallest absolute Gasteiger partial charge is 0.311 e. The standard InChI is InChI=1S/C14H20O2/c1-2-16-14(15)10-12-8-5-7-11-6-3-4-9-13(11)12/h2,9,11-12H,1,3-8,10H2. The van der Waals surface area contributed by atoms with Gasteiger partial charge in [-0.15, -0.1) is 0 Å². The van der Waals surface area contributed by atoms with Gasteiger partial charge in [-0.3, -0.25) is 4.79 Å². The third-order valence-electron chi connectivity index (χ3n) is 3.81. The first-order valence-electron chi connectivity index (χ1n) is 6.31. The number of hydrogen-bond acceptors (Lipinski definition) is 2. The molecule has 2 aliphatic carbocycles. The zero-order valence-corrected chi connectivity index (χ0v) is 9.78. The number of rotatable bonds is 3. The van der Waals surface area contributed by atoms with Crippen LogP contribution in [0.5, 0.6) is 0 Å². The lowest BCUT2D eigenvalue weighted by atomic mass is 9.71. The predicted octanol–water partition coefficient (Wildman–Crippen LogP) is 3.59. The lowest BCUT2D eigenvalue weighted by Gasteiger charge is -2.34. The van der Waals surface area contributed by atoms with Gasteiger partial charge in [-0.05, 0) is 43.9 Å². The molecule has 0 spiro atoms. The molecule has 2 nitrogen and oxygen atoms in total. The molecule has 0 bridgehead atoms. The summed E-state index contributed by atoms with van der Waals surface area (Å²) < 4.78 is 4.82. The maximum absolute atomic E-state index is 11.5. The second kappa shape index (κ2) is 5.33. The van der Waals surface area contributed by atoms with Gasteiger partial charge in [0, 0.05) is 0 Å². The zero-order chi connectivity index (χ0) is 11.4.